The maximum Gasteiger partial charge on any atom is 0.410 e. The Morgan fingerprint density at radius 1 is 1.04 bits per heavy atom. The zero-order chi connectivity index (χ0) is 19.3. The molecule has 140 valence electrons. The van der Waals surface area contributed by atoms with E-state index >= 15 is 0 Å². The summed E-state index contributed by atoms with van der Waals surface area (Å²) in [6.07, 6.45) is -2.20. The number of amides is 1. The van der Waals surface area contributed by atoms with Crippen LogP contribution in [0.15, 0.2) is 24.3 Å². The van der Waals surface area contributed by atoms with Crippen LogP contribution in [0.5, 0.6) is 5.75 Å². The van der Waals surface area contributed by atoms with E-state index in [4.69, 9.17) is 14.2 Å². The molecule has 0 N–H and O–H groups in total. The lowest BCUT2D eigenvalue weighted by Gasteiger charge is -2.36. The summed E-state index contributed by atoms with van der Waals surface area (Å²) >= 11 is 0. The van der Waals surface area contributed by atoms with Gasteiger partial charge in [-0.2, -0.15) is 0 Å². The van der Waals surface area contributed by atoms with Crippen molar-refractivity contribution in [2.45, 2.75) is 52.4 Å². The number of methoxy groups -OCH3 is 1. The molecule has 7 nitrogen and oxygen atoms in total. The van der Waals surface area contributed by atoms with Crippen LogP contribution in [0.25, 0.3) is 0 Å². The molecule has 0 saturated heterocycles. The predicted molar refractivity (Wildman–Crippen MR) is 90.2 cm³/mol. The molecule has 0 bridgehead atoms. The van der Waals surface area contributed by atoms with Crippen molar-refractivity contribution < 1.29 is 28.9 Å². The molecule has 0 radical (unpaired) electrons. The molecule has 0 aliphatic heterocycles. The van der Waals surface area contributed by atoms with Gasteiger partial charge in [-0.15, -0.1) is 0 Å². The van der Waals surface area contributed by atoms with E-state index in [1.165, 1.54) is 4.90 Å². The lowest BCUT2D eigenvalue weighted by atomic mass is 10.1. The molecule has 1 rings (SSSR count). The molecule has 1 aromatic carbocycles. The fraction of sp³-hybridized carbons (Fsp3) is 0.556. The van der Waals surface area contributed by atoms with E-state index in [0.717, 1.165) is 5.56 Å². The van der Waals surface area contributed by atoms with Crippen molar-refractivity contribution >= 4 is 12.2 Å². The van der Waals surface area contributed by atoms with Gasteiger partial charge < -0.3 is 29.0 Å². The molecule has 25 heavy (non-hydrogen) atoms. The number of ether oxygens (including phenoxy) is 3. The first-order valence-corrected chi connectivity index (χ1v) is 7.93. The molecule has 0 aromatic heterocycles. The summed E-state index contributed by atoms with van der Waals surface area (Å²) < 4.78 is 15.3. The smallest absolute Gasteiger partial charge is 0.410 e. The van der Waals surface area contributed by atoms with Crippen molar-refractivity contribution in [3.8, 4) is 5.75 Å². The average Bonchev–Trinajstić information content (AvgIpc) is 2.43. The minimum absolute atomic E-state index is 0.0158. The predicted octanol–water partition coefficient (Wildman–Crippen LogP) is 2.57. The fourth-order valence-corrected chi connectivity index (χ4v) is 2.18. The van der Waals surface area contributed by atoms with Crippen LogP contribution in [0.2, 0.25) is 0 Å². The zero-order valence-corrected chi connectivity index (χ0v) is 15.6. The number of nitrogens with zero attached hydrogens (tertiary/aromatic N) is 1. The Balaban J connectivity index is 2.96. The molecule has 1 amide bonds. The van der Waals surface area contributed by atoms with Crippen LogP contribution in [0.1, 0.15) is 40.2 Å². The van der Waals surface area contributed by atoms with Gasteiger partial charge in [0.2, 0.25) is 0 Å². The molecule has 0 heterocycles. The second-order valence-electron chi connectivity index (χ2n) is 7.30. The first-order valence-electron chi connectivity index (χ1n) is 7.93. The van der Waals surface area contributed by atoms with Crippen molar-refractivity contribution in [3.05, 3.63) is 29.8 Å². The van der Waals surface area contributed by atoms with Crippen LogP contribution in [-0.2, 0) is 16.0 Å². The highest BCUT2D eigenvalue weighted by atomic mass is 16.7. The summed E-state index contributed by atoms with van der Waals surface area (Å²) in [7, 11) is 1.57. The molecular weight excluding hydrogens is 326 g/mol. The number of hydrogen-bond acceptors (Lipinski definition) is 6. The lowest BCUT2D eigenvalue weighted by molar-refractivity contribution is -0.294. The molecular formula is C18H26NO6-. The van der Waals surface area contributed by atoms with E-state index in [-0.39, 0.29) is 13.1 Å². The van der Waals surface area contributed by atoms with Crippen molar-refractivity contribution in [1.29, 1.82) is 0 Å². The first-order chi connectivity index (χ1) is 11.4. The average molecular weight is 352 g/mol. The van der Waals surface area contributed by atoms with Gasteiger partial charge in [0.25, 0.3) is 6.16 Å². The number of carbonyl (C=O) groups is 2. The molecule has 0 aliphatic rings. The van der Waals surface area contributed by atoms with Gasteiger partial charge in [0.05, 0.1) is 12.7 Å². The monoisotopic (exact) mass is 352 g/mol. The number of benzene rings is 1. The van der Waals surface area contributed by atoms with Crippen molar-refractivity contribution in [2.24, 2.45) is 0 Å². The quantitative estimate of drug-likeness (QED) is 0.731. The number of carboxylic acid groups (broad SMARTS) is 1. The maximum absolute atomic E-state index is 12.5. The largest absolute Gasteiger partial charge is 0.542 e. The molecule has 0 unspecified atom stereocenters. The summed E-state index contributed by atoms with van der Waals surface area (Å²) in [6, 6.07) is 7.21. The molecule has 7 heteroatoms. The van der Waals surface area contributed by atoms with E-state index in [1.54, 1.807) is 53.9 Å². The number of hydrogen-bond donors (Lipinski definition) is 0. The SMILES string of the molecule is COc1ccc(CN(CC(C)(C)OC(=O)[O-])C(=O)OC(C)(C)C)cc1. The van der Waals surface area contributed by atoms with Gasteiger partial charge in [-0.05, 0) is 52.3 Å². The van der Waals surface area contributed by atoms with Crippen molar-refractivity contribution in [1.82, 2.24) is 4.90 Å². The van der Waals surface area contributed by atoms with Crippen LogP contribution in [0, 0.1) is 0 Å². The van der Waals surface area contributed by atoms with Gasteiger partial charge in [-0.1, -0.05) is 12.1 Å². The van der Waals surface area contributed by atoms with E-state index in [9.17, 15) is 14.7 Å². The van der Waals surface area contributed by atoms with E-state index in [1.807, 2.05) is 12.1 Å². The van der Waals surface area contributed by atoms with Crippen molar-refractivity contribution in [3.63, 3.8) is 0 Å². The summed E-state index contributed by atoms with van der Waals surface area (Å²) in [4.78, 5) is 24.7. The number of rotatable bonds is 6. The van der Waals surface area contributed by atoms with Crippen LogP contribution in [0.3, 0.4) is 0 Å². The number of carbonyl (C=O) groups excluding carboxylic acids is 2. The maximum atomic E-state index is 12.5. The first kappa shape index (κ1) is 20.6. The highest BCUT2D eigenvalue weighted by molar-refractivity contribution is 5.68. The Labute approximate surface area is 148 Å². The van der Waals surface area contributed by atoms with Gasteiger partial charge >= 0.3 is 6.09 Å². The standard InChI is InChI=1S/C18H27NO6/c1-17(2,3)24-15(20)19(12-18(4,5)25-16(21)22)11-13-7-9-14(23-6)10-8-13/h7-10H,11-12H2,1-6H3,(H,21,22)/p-1. The topological polar surface area (TPSA) is 88.1 Å². The second-order valence-corrected chi connectivity index (χ2v) is 7.30. The molecule has 0 aliphatic carbocycles. The van der Waals surface area contributed by atoms with Crippen LogP contribution < -0.4 is 9.84 Å². The lowest BCUT2D eigenvalue weighted by Crippen LogP contribution is -2.47. The third-order valence-corrected chi connectivity index (χ3v) is 3.12. The summed E-state index contributed by atoms with van der Waals surface area (Å²) in [6.45, 7) is 8.67. The third-order valence-electron chi connectivity index (χ3n) is 3.12. The van der Waals surface area contributed by atoms with E-state index < -0.39 is 23.5 Å². The van der Waals surface area contributed by atoms with Gasteiger partial charge in [0, 0.05) is 13.1 Å². The summed E-state index contributed by atoms with van der Waals surface area (Å²) in [5.41, 5.74) is -0.965. The van der Waals surface area contributed by atoms with Gasteiger partial charge in [0.15, 0.2) is 0 Å². The highest BCUT2D eigenvalue weighted by Gasteiger charge is 2.28. The Kier molecular flexibility index (Phi) is 6.67. The summed E-state index contributed by atoms with van der Waals surface area (Å²) in [5, 5.41) is 10.7. The normalized spacial score (nSPS) is 11.6. The van der Waals surface area contributed by atoms with Gasteiger partial charge in [0.1, 0.15) is 11.4 Å². The zero-order valence-electron chi connectivity index (χ0n) is 15.6. The second kappa shape index (κ2) is 8.09. The highest BCUT2D eigenvalue weighted by Crippen LogP contribution is 2.19. The van der Waals surface area contributed by atoms with Gasteiger partial charge in [-0.25, -0.2) is 4.79 Å². The Hall–Kier alpha value is -2.44. The van der Waals surface area contributed by atoms with E-state index in [0.29, 0.717) is 5.75 Å². The van der Waals surface area contributed by atoms with Crippen molar-refractivity contribution in [2.75, 3.05) is 13.7 Å². The molecule has 0 spiro atoms. The molecule has 0 fully saturated rings. The Morgan fingerprint density at radius 2 is 1.60 bits per heavy atom. The third kappa shape index (κ3) is 7.78. The molecule has 1 aromatic rings. The minimum Gasteiger partial charge on any atom is -0.542 e. The van der Waals surface area contributed by atoms with E-state index in [2.05, 4.69) is 0 Å². The Morgan fingerprint density at radius 3 is 2.04 bits per heavy atom. The van der Waals surface area contributed by atoms with Crippen LogP contribution in [-0.4, -0.2) is 42.0 Å². The van der Waals surface area contributed by atoms with Crippen LogP contribution in [0.4, 0.5) is 9.59 Å². The van der Waals surface area contributed by atoms with Gasteiger partial charge in [-0.3, -0.25) is 0 Å². The summed E-state index contributed by atoms with van der Waals surface area (Å²) in [5.74, 6) is 0.702. The fourth-order valence-electron chi connectivity index (χ4n) is 2.18. The molecule has 0 saturated carbocycles. The van der Waals surface area contributed by atoms with Crippen LogP contribution >= 0.6 is 0 Å². The molecule has 0 atom stereocenters. The Bertz CT molecular complexity index is 589. The minimum atomic E-state index is -1.64.